The Bertz CT molecular complexity index is 485. The normalized spacial score (nSPS) is 10.4. The molecule has 0 unspecified atom stereocenters. The van der Waals surface area contributed by atoms with E-state index in [9.17, 15) is 0 Å². The van der Waals surface area contributed by atoms with Gasteiger partial charge in [0.1, 0.15) is 6.33 Å². The molecule has 2 aromatic heterocycles. The van der Waals surface area contributed by atoms with Crippen LogP contribution in [0.15, 0.2) is 24.8 Å². The van der Waals surface area contributed by atoms with E-state index in [0.717, 1.165) is 12.1 Å². The first-order chi connectivity index (χ1) is 6.77. The number of hydrogen-bond acceptors (Lipinski definition) is 3. The summed E-state index contributed by atoms with van der Waals surface area (Å²) in [7, 11) is 0. The van der Waals surface area contributed by atoms with Gasteiger partial charge in [0.05, 0.1) is 6.54 Å². The lowest BCUT2D eigenvalue weighted by atomic mass is 10.1. The molecule has 0 bridgehead atoms. The third-order valence-corrected chi connectivity index (χ3v) is 2.42. The Labute approximate surface area is 86.6 Å². The Morgan fingerprint density at radius 3 is 3.07 bits per heavy atom. The van der Waals surface area contributed by atoms with Gasteiger partial charge in [-0.1, -0.05) is 0 Å². The molecule has 1 N–H and O–H groups in total. The highest BCUT2D eigenvalue weighted by Crippen LogP contribution is 2.06. The first-order valence-electron chi connectivity index (χ1n) is 4.26. The second kappa shape index (κ2) is 3.71. The molecule has 0 aliphatic carbocycles. The number of hydrogen-bond donors (Lipinski definition) is 1. The number of nitrogens with zero attached hydrogens (tertiary/aromatic N) is 3. The number of aryl methyl sites for hydroxylation is 1. The Hall–Kier alpha value is -1.49. The molecule has 0 spiro atoms. The van der Waals surface area contributed by atoms with Crippen LogP contribution < -0.4 is 0 Å². The largest absolute Gasteiger partial charge is 0.302 e. The number of pyridine rings is 1. The van der Waals surface area contributed by atoms with Crippen LogP contribution in [-0.4, -0.2) is 19.7 Å². The lowest BCUT2D eigenvalue weighted by Crippen LogP contribution is -2.00. The third kappa shape index (κ3) is 1.72. The van der Waals surface area contributed by atoms with Crippen LogP contribution in [0.25, 0.3) is 0 Å². The van der Waals surface area contributed by atoms with E-state index in [1.807, 2.05) is 23.8 Å². The predicted molar refractivity (Wildman–Crippen MR) is 55.5 cm³/mol. The Balaban J connectivity index is 2.32. The minimum atomic E-state index is 0.640. The maximum Gasteiger partial charge on any atom is 0.195 e. The third-order valence-electron chi connectivity index (χ3n) is 2.10. The van der Waals surface area contributed by atoms with Crippen LogP contribution in [0.1, 0.15) is 11.1 Å². The smallest absolute Gasteiger partial charge is 0.195 e. The number of aromatic amines is 1. The van der Waals surface area contributed by atoms with Crippen molar-refractivity contribution in [1.29, 1.82) is 0 Å². The molecular weight excluding hydrogens is 196 g/mol. The van der Waals surface area contributed by atoms with E-state index in [4.69, 9.17) is 12.2 Å². The van der Waals surface area contributed by atoms with Crippen LogP contribution in [0.3, 0.4) is 0 Å². The molecule has 0 amide bonds. The summed E-state index contributed by atoms with van der Waals surface area (Å²) in [6, 6.07) is 1.99. The van der Waals surface area contributed by atoms with Gasteiger partial charge >= 0.3 is 0 Å². The van der Waals surface area contributed by atoms with Gasteiger partial charge < -0.3 is 4.57 Å². The van der Waals surface area contributed by atoms with Gasteiger partial charge in [0.15, 0.2) is 4.77 Å². The van der Waals surface area contributed by atoms with E-state index in [2.05, 4.69) is 15.2 Å². The van der Waals surface area contributed by atoms with Gasteiger partial charge in [-0.25, -0.2) is 0 Å². The van der Waals surface area contributed by atoms with E-state index in [1.54, 1.807) is 12.5 Å². The summed E-state index contributed by atoms with van der Waals surface area (Å²) in [6.07, 6.45) is 5.33. The molecule has 5 heteroatoms. The van der Waals surface area contributed by atoms with Gasteiger partial charge in [-0.3, -0.25) is 10.1 Å². The highest BCUT2D eigenvalue weighted by atomic mass is 32.1. The maximum atomic E-state index is 5.06. The number of H-pyrrole nitrogens is 1. The van der Waals surface area contributed by atoms with E-state index >= 15 is 0 Å². The first kappa shape index (κ1) is 9.08. The zero-order chi connectivity index (χ0) is 9.97. The standard InChI is InChI=1S/C9H10N4S/c1-7-4-10-3-2-8(7)5-13-6-11-12-9(13)14/h2-4,6H,5H2,1H3,(H,12,14). The van der Waals surface area contributed by atoms with E-state index in [-0.39, 0.29) is 0 Å². The summed E-state index contributed by atoms with van der Waals surface area (Å²) >= 11 is 5.06. The molecule has 0 aliphatic heterocycles. The van der Waals surface area contributed by atoms with Crippen molar-refractivity contribution >= 4 is 12.2 Å². The SMILES string of the molecule is Cc1cnccc1Cn1cn[nH]c1=S. The molecule has 0 aliphatic rings. The van der Waals surface area contributed by atoms with Crippen molar-refractivity contribution in [3.05, 3.63) is 40.7 Å². The van der Waals surface area contributed by atoms with Gasteiger partial charge in [0.25, 0.3) is 0 Å². The fourth-order valence-electron chi connectivity index (χ4n) is 1.25. The second-order valence-electron chi connectivity index (χ2n) is 3.09. The van der Waals surface area contributed by atoms with Crippen molar-refractivity contribution in [3.8, 4) is 0 Å². The van der Waals surface area contributed by atoms with E-state index < -0.39 is 0 Å². The molecule has 72 valence electrons. The van der Waals surface area contributed by atoms with Gasteiger partial charge in [-0.15, -0.1) is 0 Å². The predicted octanol–water partition coefficient (Wildman–Crippen LogP) is 1.69. The van der Waals surface area contributed by atoms with Crippen LogP contribution in [-0.2, 0) is 6.54 Å². The Kier molecular flexibility index (Phi) is 2.41. The summed E-state index contributed by atoms with van der Waals surface area (Å²) < 4.78 is 2.53. The zero-order valence-electron chi connectivity index (χ0n) is 7.77. The van der Waals surface area contributed by atoms with Gasteiger partial charge in [0.2, 0.25) is 0 Å². The lowest BCUT2D eigenvalue weighted by molar-refractivity contribution is 0.775. The van der Waals surface area contributed by atoms with Crippen molar-refractivity contribution in [2.75, 3.05) is 0 Å². The van der Waals surface area contributed by atoms with Crippen LogP contribution in [0.5, 0.6) is 0 Å². The molecule has 0 saturated heterocycles. The molecule has 0 atom stereocenters. The number of aromatic nitrogens is 4. The highest BCUT2D eigenvalue weighted by Gasteiger charge is 1.99. The Morgan fingerprint density at radius 2 is 2.43 bits per heavy atom. The lowest BCUT2D eigenvalue weighted by Gasteiger charge is -2.04. The number of rotatable bonds is 2. The minimum absolute atomic E-state index is 0.640. The van der Waals surface area contributed by atoms with Crippen LogP contribution >= 0.6 is 12.2 Å². The number of nitrogens with one attached hydrogen (secondary N) is 1. The molecule has 0 aromatic carbocycles. The maximum absolute atomic E-state index is 5.06. The minimum Gasteiger partial charge on any atom is -0.302 e. The van der Waals surface area contributed by atoms with E-state index in [0.29, 0.717) is 4.77 Å². The van der Waals surface area contributed by atoms with Crippen molar-refractivity contribution in [1.82, 2.24) is 19.7 Å². The van der Waals surface area contributed by atoms with Gasteiger partial charge in [-0.2, -0.15) is 5.10 Å². The van der Waals surface area contributed by atoms with Crippen molar-refractivity contribution in [2.24, 2.45) is 0 Å². The average molecular weight is 206 g/mol. The van der Waals surface area contributed by atoms with Crippen molar-refractivity contribution in [3.63, 3.8) is 0 Å². The first-order valence-corrected chi connectivity index (χ1v) is 4.67. The fraction of sp³-hybridized carbons (Fsp3) is 0.222. The molecule has 2 aromatic rings. The topological polar surface area (TPSA) is 46.5 Å². The molecule has 0 saturated carbocycles. The molecule has 0 radical (unpaired) electrons. The van der Waals surface area contributed by atoms with Crippen LogP contribution in [0.4, 0.5) is 0 Å². The van der Waals surface area contributed by atoms with Crippen molar-refractivity contribution in [2.45, 2.75) is 13.5 Å². The summed E-state index contributed by atoms with van der Waals surface area (Å²) in [6.45, 7) is 2.77. The molecule has 0 fully saturated rings. The zero-order valence-corrected chi connectivity index (χ0v) is 8.58. The molecule has 14 heavy (non-hydrogen) atoms. The molecule has 2 rings (SSSR count). The molecular formula is C9H10N4S. The molecule has 2 heterocycles. The highest BCUT2D eigenvalue weighted by molar-refractivity contribution is 7.71. The quantitative estimate of drug-likeness (QED) is 0.761. The van der Waals surface area contributed by atoms with E-state index in [1.165, 1.54) is 5.56 Å². The van der Waals surface area contributed by atoms with Gasteiger partial charge in [0, 0.05) is 12.4 Å². The molecule has 4 nitrogen and oxygen atoms in total. The summed E-state index contributed by atoms with van der Waals surface area (Å²) in [5, 5.41) is 6.59. The van der Waals surface area contributed by atoms with Crippen molar-refractivity contribution < 1.29 is 0 Å². The fourth-order valence-corrected chi connectivity index (χ4v) is 1.41. The average Bonchev–Trinajstić information content (AvgIpc) is 2.56. The summed E-state index contributed by atoms with van der Waals surface area (Å²) in [4.78, 5) is 4.04. The summed E-state index contributed by atoms with van der Waals surface area (Å²) in [5.74, 6) is 0. The van der Waals surface area contributed by atoms with Gasteiger partial charge in [-0.05, 0) is 36.3 Å². The second-order valence-corrected chi connectivity index (χ2v) is 3.48. The monoisotopic (exact) mass is 206 g/mol. The summed E-state index contributed by atoms with van der Waals surface area (Å²) in [5.41, 5.74) is 2.37. The Morgan fingerprint density at radius 1 is 1.57 bits per heavy atom. The van der Waals surface area contributed by atoms with Crippen LogP contribution in [0.2, 0.25) is 0 Å². The van der Waals surface area contributed by atoms with Crippen LogP contribution in [0, 0.1) is 11.7 Å².